The first kappa shape index (κ1) is 25.9. The summed E-state index contributed by atoms with van der Waals surface area (Å²) in [7, 11) is 0. The first-order chi connectivity index (χ1) is 17.7. The number of aryl methyl sites for hydroxylation is 1. The minimum Gasteiger partial charge on any atom is -0.488 e. The molecule has 4 rings (SSSR count). The van der Waals surface area contributed by atoms with Crippen LogP contribution in [0.1, 0.15) is 53.4 Å². The molecule has 0 atom stereocenters. The summed E-state index contributed by atoms with van der Waals surface area (Å²) >= 11 is 0. The summed E-state index contributed by atoms with van der Waals surface area (Å²) in [5, 5.41) is 20.7. The molecule has 0 fully saturated rings. The van der Waals surface area contributed by atoms with Crippen molar-refractivity contribution in [1.82, 2.24) is 0 Å². The summed E-state index contributed by atoms with van der Waals surface area (Å²) in [6.07, 6.45) is 4.54. The van der Waals surface area contributed by atoms with E-state index in [0.29, 0.717) is 33.9 Å². The molecule has 192 valence electrons. The Balaban J connectivity index is 1.54. The highest BCUT2D eigenvalue weighted by atomic mass is 16.6. The van der Waals surface area contributed by atoms with E-state index in [0.717, 1.165) is 17.5 Å². The second-order valence-electron chi connectivity index (χ2n) is 9.27. The fraction of sp³-hybridized carbons (Fsp3) is 0.276. The van der Waals surface area contributed by atoms with Crippen molar-refractivity contribution in [3.63, 3.8) is 0 Å². The maximum atomic E-state index is 13.2. The van der Waals surface area contributed by atoms with E-state index in [9.17, 15) is 20.0 Å². The number of nitro groups is 1. The van der Waals surface area contributed by atoms with Crippen molar-refractivity contribution >= 4 is 17.5 Å². The van der Waals surface area contributed by atoms with Crippen LogP contribution in [0.5, 0.6) is 17.2 Å². The number of aliphatic hydroxyl groups excluding tert-OH is 1. The molecule has 0 bridgehead atoms. The second kappa shape index (κ2) is 10.8. The third-order valence-corrected chi connectivity index (χ3v) is 6.08. The first-order valence-electron chi connectivity index (χ1n) is 12.0. The third-order valence-electron chi connectivity index (χ3n) is 6.08. The normalized spacial score (nSPS) is 13.4. The van der Waals surface area contributed by atoms with Crippen LogP contribution in [0.4, 0.5) is 5.69 Å². The van der Waals surface area contributed by atoms with Crippen molar-refractivity contribution in [2.75, 3.05) is 6.61 Å². The molecule has 0 saturated carbocycles. The molecule has 3 aromatic carbocycles. The van der Waals surface area contributed by atoms with E-state index in [1.54, 1.807) is 30.3 Å². The zero-order valence-corrected chi connectivity index (χ0v) is 21.0. The van der Waals surface area contributed by atoms with Crippen LogP contribution in [-0.2, 0) is 19.6 Å². The molecule has 0 amide bonds. The van der Waals surface area contributed by atoms with Gasteiger partial charge in [-0.2, -0.15) is 0 Å². The van der Waals surface area contributed by atoms with Crippen LogP contribution in [0.2, 0.25) is 0 Å². The van der Waals surface area contributed by atoms with Gasteiger partial charge in [0.25, 0.3) is 5.69 Å². The number of benzene rings is 3. The molecule has 8 heteroatoms. The van der Waals surface area contributed by atoms with Gasteiger partial charge in [-0.1, -0.05) is 13.0 Å². The molecule has 1 aliphatic rings. The molecule has 0 saturated heterocycles. The lowest BCUT2D eigenvalue weighted by molar-refractivity contribution is -0.384. The Kier molecular flexibility index (Phi) is 7.59. The SMILES string of the molecule is CCc1ccc(C(=O)COc2c(CO)ccc3c2C=CC(C)(C)O3)c(OCc2ccc([N+](=O)[O-])cc2)c1. The fourth-order valence-electron chi connectivity index (χ4n) is 4.00. The Hall–Kier alpha value is -4.17. The maximum absolute atomic E-state index is 13.2. The Morgan fingerprint density at radius 3 is 2.46 bits per heavy atom. The average Bonchev–Trinajstić information content (AvgIpc) is 2.89. The van der Waals surface area contributed by atoms with E-state index >= 15 is 0 Å². The number of hydrogen-bond acceptors (Lipinski definition) is 7. The number of non-ortho nitro benzene ring substituents is 1. The predicted molar refractivity (Wildman–Crippen MR) is 139 cm³/mol. The third kappa shape index (κ3) is 5.98. The molecule has 0 aliphatic carbocycles. The van der Waals surface area contributed by atoms with Crippen molar-refractivity contribution in [2.45, 2.75) is 46.0 Å². The van der Waals surface area contributed by atoms with Crippen molar-refractivity contribution < 1.29 is 29.0 Å². The number of hydrogen-bond donors (Lipinski definition) is 1. The smallest absolute Gasteiger partial charge is 0.269 e. The Morgan fingerprint density at radius 2 is 1.78 bits per heavy atom. The van der Waals surface area contributed by atoms with Crippen LogP contribution in [0.25, 0.3) is 6.08 Å². The summed E-state index contributed by atoms with van der Waals surface area (Å²) in [6.45, 7) is 5.52. The van der Waals surface area contributed by atoms with Gasteiger partial charge < -0.3 is 19.3 Å². The van der Waals surface area contributed by atoms with Crippen LogP contribution in [0.15, 0.2) is 60.7 Å². The standard InChI is InChI=1S/C29H29NO7/c1-4-19-7-11-23(27(15-19)35-17-20-5-9-22(10-6-20)30(33)34)25(32)18-36-28-21(16-31)8-12-26-24(28)13-14-29(2,3)37-26/h5-15,31H,4,16-18H2,1-3H3. The highest BCUT2D eigenvalue weighted by Gasteiger charge is 2.26. The number of ketones is 1. The number of nitro benzene ring substituents is 1. The largest absolute Gasteiger partial charge is 0.488 e. The van der Waals surface area contributed by atoms with Crippen LogP contribution in [0, 0.1) is 10.1 Å². The van der Waals surface area contributed by atoms with E-state index in [2.05, 4.69) is 0 Å². The molecule has 0 spiro atoms. The van der Waals surface area contributed by atoms with Crippen LogP contribution in [-0.4, -0.2) is 28.0 Å². The molecule has 3 aromatic rings. The van der Waals surface area contributed by atoms with E-state index in [4.69, 9.17) is 14.2 Å². The lowest BCUT2D eigenvalue weighted by atomic mass is 9.99. The zero-order valence-electron chi connectivity index (χ0n) is 21.0. The molecule has 1 N–H and O–H groups in total. The summed E-state index contributed by atoms with van der Waals surface area (Å²) in [4.78, 5) is 23.7. The molecule has 8 nitrogen and oxygen atoms in total. The lowest BCUT2D eigenvalue weighted by Crippen LogP contribution is -2.27. The van der Waals surface area contributed by atoms with Crippen LogP contribution >= 0.6 is 0 Å². The number of carbonyl (C=O) groups excluding carboxylic acids is 1. The number of fused-ring (bicyclic) bond motifs is 1. The van der Waals surface area contributed by atoms with Gasteiger partial charge >= 0.3 is 0 Å². The Morgan fingerprint density at radius 1 is 1.05 bits per heavy atom. The number of carbonyl (C=O) groups is 1. The number of ether oxygens (including phenoxy) is 3. The van der Waals surface area contributed by atoms with Gasteiger partial charge in [0.15, 0.2) is 6.61 Å². The zero-order chi connectivity index (χ0) is 26.6. The number of aliphatic hydroxyl groups is 1. The van der Waals surface area contributed by atoms with E-state index < -0.39 is 10.5 Å². The van der Waals surface area contributed by atoms with Crippen molar-refractivity contribution in [1.29, 1.82) is 0 Å². The maximum Gasteiger partial charge on any atom is 0.269 e. The van der Waals surface area contributed by atoms with Gasteiger partial charge in [-0.15, -0.1) is 0 Å². The fourth-order valence-corrected chi connectivity index (χ4v) is 4.00. The van der Waals surface area contributed by atoms with Gasteiger partial charge in [-0.25, -0.2) is 0 Å². The summed E-state index contributed by atoms with van der Waals surface area (Å²) in [5.74, 6) is 1.14. The highest BCUT2D eigenvalue weighted by molar-refractivity contribution is 6.00. The molecule has 0 radical (unpaired) electrons. The summed E-state index contributed by atoms with van der Waals surface area (Å²) < 4.78 is 17.9. The van der Waals surface area contributed by atoms with Crippen LogP contribution < -0.4 is 14.2 Å². The number of nitrogens with zero attached hydrogens (tertiary/aromatic N) is 1. The minimum absolute atomic E-state index is 0.00102. The average molecular weight is 504 g/mol. The summed E-state index contributed by atoms with van der Waals surface area (Å²) in [6, 6.07) is 15.0. The molecule has 1 heterocycles. The predicted octanol–water partition coefficient (Wildman–Crippen LogP) is 5.67. The second-order valence-corrected chi connectivity index (χ2v) is 9.27. The highest BCUT2D eigenvalue weighted by Crippen LogP contribution is 2.39. The molecular weight excluding hydrogens is 474 g/mol. The van der Waals surface area contributed by atoms with Gasteiger partial charge in [0.05, 0.1) is 22.7 Å². The van der Waals surface area contributed by atoms with E-state index in [-0.39, 0.29) is 31.3 Å². The van der Waals surface area contributed by atoms with Crippen molar-refractivity contribution in [3.05, 3.63) is 98.6 Å². The molecular formula is C29H29NO7. The van der Waals surface area contributed by atoms with Crippen LogP contribution in [0.3, 0.4) is 0 Å². The topological polar surface area (TPSA) is 108 Å². The van der Waals surface area contributed by atoms with E-state index in [1.807, 2.05) is 45.1 Å². The van der Waals surface area contributed by atoms with Gasteiger partial charge in [-0.05, 0) is 79.9 Å². The molecule has 1 aliphatic heterocycles. The monoisotopic (exact) mass is 503 g/mol. The van der Waals surface area contributed by atoms with Gasteiger partial charge in [0, 0.05) is 17.7 Å². The van der Waals surface area contributed by atoms with Gasteiger partial charge in [0.2, 0.25) is 5.78 Å². The Bertz CT molecular complexity index is 1340. The minimum atomic E-state index is -0.474. The number of rotatable bonds is 10. The summed E-state index contributed by atoms with van der Waals surface area (Å²) in [5.41, 5.74) is 2.85. The van der Waals surface area contributed by atoms with Crippen molar-refractivity contribution in [3.8, 4) is 17.2 Å². The van der Waals surface area contributed by atoms with Crippen molar-refractivity contribution in [2.24, 2.45) is 0 Å². The van der Waals surface area contributed by atoms with Gasteiger partial charge in [-0.3, -0.25) is 14.9 Å². The molecule has 0 aromatic heterocycles. The van der Waals surface area contributed by atoms with E-state index in [1.165, 1.54) is 12.1 Å². The number of Topliss-reactive ketones (excluding diaryl/α,β-unsaturated/α-hetero) is 1. The Labute approximate surface area is 215 Å². The molecule has 37 heavy (non-hydrogen) atoms. The van der Waals surface area contributed by atoms with Gasteiger partial charge in [0.1, 0.15) is 29.5 Å². The lowest BCUT2D eigenvalue weighted by Gasteiger charge is -2.29. The first-order valence-corrected chi connectivity index (χ1v) is 12.0. The molecule has 0 unspecified atom stereocenters. The quantitative estimate of drug-likeness (QED) is 0.216.